The highest BCUT2D eigenvalue weighted by Crippen LogP contribution is 2.55. The Morgan fingerprint density at radius 3 is 2.39 bits per heavy atom. The van der Waals surface area contributed by atoms with Crippen LogP contribution in [-0.2, 0) is 16.1 Å². The van der Waals surface area contributed by atoms with Crippen LogP contribution in [0.4, 0.5) is 0 Å². The molecule has 1 aromatic carbocycles. The second-order valence-corrected chi connectivity index (χ2v) is 9.16. The summed E-state index contributed by atoms with van der Waals surface area (Å²) >= 11 is 6.44. The van der Waals surface area contributed by atoms with E-state index in [1.54, 1.807) is 14.0 Å². The zero-order valence-corrected chi connectivity index (χ0v) is 17.5. The Balaban J connectivity index is 1.42. The van der Waals surface area contributed by atoms with E-state index in [4.69, 9.17) is 25.8 Å². The van der Waals surface area contributed by atoms with Gasteiger partial charge in [0, 0.05) is 12.1 Å². The van der Waals surface area contributed by atoms with Gasteiger partial charge in [-0.3, -0.25) is 0 Å². The number of rotatable bonds is 8. The van der Waals surface area contributed by atoms with Crippen LogP contribution in [-0.4, -0.2) is 31.8 Å². The number of carbonyl (C=O) groups excluding carboxylic acids is 1. The van der Waals surface area contributed by atoms with Crippen molar-refractivity contribution in [1.29, 1.82) is 0 Å². The summed E-state index contributed by atoms with van der Waals surface area (Å²) in [6.07, 6.45) is 8.24. The summed E-state index contributed by atoms with van der Waals surface area (Å²) in [6, 6.07) is 3.85. The van der Waals surface area contributed by atoms with Gasteiger partial charge >= 0.3 is 5.97 Å². The molecule has 28 heavy (non-hydrogen) atoms. The van der Waals surface area contributed by atoms with Crippen LogP contribution in [0.15, 0.2) is 12.1 Å². The number of nitrogens with one attached hydrogen (secondary N) is 1. The smallest absolute Gasteiger partial charge is 0.344 e. The lowest BCUT2D eigenvalue weighted by molar-refractivity contribution is -0.145. The molecule has 0 saturated heterocycles. The van der Waals surface area contributed by atoms with Gasteiger partial charge in [-0.05, 0) is 80.9 Å². The highest BCUT2D eigenvalue weighted by Gasteiger charge is 2.50. The first-order valence-corrected chi connectivity index (χ1v) is 10.8. The van der Waals surface area contributed by atoms with Crippen molar-refractivity contribution in [2.75, 3.05) is 20.3 Å². The van der Waals surface area contributed by atoms with Gasteiger partial charge < -0.3 is 19.5 Å². The predicted octanol–water partition coefficient (Wildman–Crippen LogP) is 4.35. The molecule has 154 valence electrons. The largest absolute Gasteiger partial charge is 0.493 e. The molecule has 4 aliphatic rings. The number of hydrogen-bond acceptors (Lipinski definition) is 5. The Morgan fingerprint density at radius 1 is 1.18 bits per heavy atom. The molecule has 5 rings (SSSR count). The molecule has 5 nitrogen and oxygen atoms in total. The van der Waals surface area contributed by atoms with Crippen LogP contribution in [0.2, 0.25) is 5.02 Å². The molecule has 4 aliphatic carbocycles. The van der Waals surface area contributed by atoms with Gasteiger partial charge in [-0.15, -0.1) is 0 Å². The van der Waals surface area contributed by atoms with Crippen molar-refractivity contribution >= 4 is 17.6 Å². The third-order valence-corrected chi connectivity index (χ3v) is 6.92. The molecule has 1 aromatic rings. The second kappa shape index (κ2) is 8.11. The maximum Gasteiger partial charge on any atom is 0.344 e. The molecule has 4 fully saturated rings. The number of halogens is 1. The quantitative estimate of drug-likeness (QED) is 0.649. The van der Waals surface area contributed by atoms with Gasteiger partial charge in [0.25, 0.3) is 0 Å². The van der Waals surface area contributed by atoms with Gasteiger partial charge in [0.05, 0.1) is 18.7 Å². The molecule has 0 spiro atoms. The maximum absolute atomic E-state index is 11.6. The Bertz CT molecular complexity index is 700. The number of benzene rings is 1. The Labute approximate surface area is 172 Å². The lowest BCUT2D eigenvalue weighted by atomic mass is 9.53. The molecule has 0 aromatic heterocycles. The van der Waals surface area contributed by atoms with Gasteiger partial charge in [-0.2, -0.15) is 0 Å². The van der Waals surface area contributed by atoms with E-state index in [-0.39, 0.29) is 6.61 Å². The van der Waals surface area contributed by atoms with Gasteiger partial charge in [0.2, 0.25) is 0 Å². The molecule has 4 bridgehead atoms. The normalized spacial score (nSPS) is 30.3. The molecule has 0 heterocycles. The number of esters is 1. The van der Waals surface area contributed by atoms with Gasteiger partial charge in [0.15, 0.2) is 18.1 Å². The minimum absolute atomic E-state index is 0.186. The lowest BCUT2D eigenvalue weighted by Crippen LogP contribution is -2.58. The second-order valence-electron chi connectivity index (χ2n) is 8.75. The first kappa shape index (κ1) is 19.8. The summed E-state index contributed by atoms with van der Waals surface area (Å²) in [6.45, 7) is 2.66. The maximum atomic E-state index is 11.6. The predicted molar refractivity (Wildman–Crippen MR) is 108 cm³/mol. The van der Waals surface area contributed by atoms with Crippen molar-refractivity contribution in [3.05, 3.63) is 22.7 Å². The van der Waals surface area contributed by atoms with E-state index in [2.05, 4.69) is 5.32 Å². The number of methoxy groups -OCH3 is 1. The van der Waals surface area contributed by atoms with Crippen molar-refractivity contribution in [3.63, 3.8) is 0 Å². The standard InChI is InChI=1S/C22H30ClNO4/c1-3-27-20(25)13-28-21-18(23)7-17(8-19(21)26-2)12-24-22-9-14-4-15(10-22)6-16(5-14)11-22/h7-8,14-16,24H,3-6,9-13H2,1-2H3. The minimum Gasteiger partial charge on any atom is -0.493 e. The average Bonchev–Trinajstić information content (AvgIpc) is 2.64. The molecule has 6 heteroatoms. The first-order valence-electron chi connectivity index (χ1n) is 10.4. The molecule has 4 saturated carbocycles. The Morgan fingerprint density at radius 2 is 1.82 bits per heavy atom. The summed E-state index contributed by atoms with van der Waals surface area (Å²) in [4.78, 5) is 11.6. The zero-order valence-electron chi connectivity index (χ0n) is 16.8. The van der Waals surface area contributed by atoms with Gasteiger partial charge in [-0.25, -0.2) is 4.79 Å². The van der Waals surface area contributed by atoms with Crippen molar-refractivity contribution < 1.29 is 19.0 Å². The van der Waals surface area contributed by atoms with Gasteiger partial charge in [0.1, 0.15) is 0 Å². The van der Waals surface area contributed by atoms with Crippen LogP contribution < -0.4 is 14.8 Å². The van der Waals surface area contributed by atoms with E-state index >= 15 is 0 Å². The van der Waals surface area contributed by atoms with Crippen LogP contribution in [0.5, 0.6) is 11.5 Å². The van der Waals surface area contributed by atoms with E-state index < -0.39 is 5.97 Å². The summed E-state index contributed by atoms with van der Waals surface area (Å²) < 4.78 is 15.9. The summed E-state index contributed by atoms with van der Waals surface area (Å²) in [5.41, 5.74) is 1.37. The van der Waals surface area contributed by atoms with Crippen molar-refractivity contribution in [1.82, 2.24) is 5.32 Å². The fourth-order valence-electron chi connectivity index (χ4n) is 5.97. The van der Waals surface area contributed by atoms with Crippen LogP contribution in [0.25, 0.3) is 0 Å². The number of hydrogen-bond donors (Lipinski definition) is 1. The monoisotopic (exact) mass is 407 g/mol. The highest BCUT2D eigenvalue weighted by atomic mass is 35.5. The van der Waals surface area contributed by atoms with Crippen molar-refractivity contribution in [2.24, 2.45) is 17.8 Å². The molecule has 0 radical (unpaired) electrons. The first-order chi connectivity index (χ1) is 13.5. The SMILES string of the molecule is CCOC(=O)COc1c(Cl)cc(CNC23CC4CC(CC(C4)C2)C3)cc1OC. The molecule has 0 unspecified atom stereocenters. The molecule has 0 atom stereocenters. The third-order valence-electron chi connectivity index (χ3n) is 6.63. The fraction of sp³-hybridized carbons (Fsp3) is 0.682. The van der Waals surface area contributed by atoms with Crippen molar-refractivity contribution in [3.8, 4) is 11.5 Å². The molecule has 1 N–H and O–H groups in total. The van der Waals surface area contributed by atoms with E-state index in [0.717, 1.165) is 29.9 Å². The van der Waals surface area contributed by atoms with Crippen LogP contribution in [0.3, 0.4) is 0 Å². The van der Waals surface area contributed by atoms with E-state index in [0.29, 0.717) is 28.7 Å². The summed E-state index contributed by atoms with van der Waals surface area (Å²) in [7, 11) is 1.58. The lowest BCUT2D eigenvalue weighted by Gasteiger charge is -2.57. The highest BCUT2D eigenvalue weighted by molar-refractivity contribution is 6.32. The molecule has 0 aliphatic heterocycles. The third kappa shape index (κ3) is 4.11. The Hall–Kier alpha value is -1.46. The van der Waals surface area contributed by atoms with E-state index in [1.165, 1.54) is 38.5 Å². The topological polar surface area (TPSA) is 56.8 Å². The van der Waals surface area contributed by atoms with Crippen LogP contribution >= 0.6 is 11.6 Å². The summed E-state index contributed by atoms with van der Waals surface area (Å²) in [5.74, 6) is 3.24. The molecular weight excluding hydrogens is 378 g/mol. The Kier molecular flexibility index (Phi) is 5.75. The zero-order chi connectivity index (χ0) is 19.7. The number of ether oxygens (including phenoxy) is 3. The summed E-state index contributed by atoms with van der Waals surface area (Å²) in [5, 5.41) is 4.33. The minimum atomic E-state index is -0.423. The van der Waals surface area contributed by atoms with Crippen LogP contribution in [0, 0.1) is 17.8 Å². The van der Waals surface area contributed by atoms with Crippen LogP contribution in [0.1, 0.15) is 51.0 Å². The average molecular weight is 408 g/mol. The fourth-order valence-corrected chi connectivity index (χ4v) is 6.25. The molecule has 0 amide bonds. The van der Waals surface area contributed by atoms with E-state index in [1.807, 2.05) is 12.1 Å². The number of carbonyl (C=O) groups is 1. The molecular formula is C22H30ClNO4. The van der Waals surface area contributed by atoms with Gasteiger partial charge in [-0.1, -0.05) is 11.6 Å². The van der Waals surface area contributed by atoms with Crippen molar-refractivity contribution in [2.45, 2.75) is 57.5 Å². The van der Waals surface area contributed by atoms with E-state index in [9.17, 15) is 4.79 Å².